The number of nitrogens with zero attached hydrogens (tertiary/aromatic N) is 2. The van der Waals surface area contributed by atoms with Crippen LogP contribution in [-0.4, -0.2) is 29.6 Å². The summed E-state index contributed by atoms with van der Waals surface area (Å²) in [4.78, 5) is 20.7. The van der Waals surface area contributed by atoms with Crippen LogP contribution in [0.25, 0.3) is 6.08 Å². The van der Waals surface area contributed by atoms with Crippen molar-refractivity contribution in [1.29, 1.82) is 0 Å². The van der Waals surface area contributed by atoms with Crippen LogP contribution in [0.1, 0.15) is 16.7 Å². The lowest BCUT2D eigenvalue weighted by molar-refractivity contribution is -0.122. The van der Waals surface area contributed by atoms with Crippen LogP contribution in [0.2, 0.25) is 0 Å². The number of carbonyl (C=O) groups is 1. The van der Waals surface area contributed by atoms with Crippen LogP contribution in [0.5, 0.6) is 5.75 Å². The normalized spacial score (nSPS) is 16.1. The van der Waals surface area contributed by atoms with E-state index in [0.717, 1.165) is 30.6 Å². The van der Waals surface area contributed by atoms with Crippen LogP contribution in [0, 0.1) is 14.1 Å². The number of methoxy groups -OCH3 is 1. The molecule has 168 valence electrons. The molecule has 0 spiro atoms. The Morgan fingerprint density at radius 2 is 1.70 bits per heavy atom. The van der Waals surface area contributed by atoms with Crippen molar-refractivity contribution in [1.82, 2.24) is 4.90 Å². The van der Waals surface area contributed by atoms with E-state index in [-0.39, 0.29) is 5.91 Å². The van der Waals surface area contributed by atoms with Crippen molar-refractivity contribution in [2.24, 2.45) is 4.99 Å². The molecule has 1 aliphatic heterocycles. The Bertz CT molecular complexity index is 1200. The number of thioether (sulfide) groups is 1. The molecule has 0 radical (unpaired) electrons. The molecule has 1 fully saturated rings. The van der Waals surface area contributed by atoms with Crippen molar-refractivity contribution >= 4 is 79.8 Å². The first kappa shape index (κ1) is 24.3. The van der Waals surface area contributed by atoms with Gasteiger partial charge in [0.25, 0.3) is 5.91 Å². The number of aliphatic imine (C=N–C) groups is 1. The van der Waals surface area contributed by atoms with E-state index in [1.165, 1.54) is 22.9 Å². The summed E-state index contributed by atoms with van der Waals surface area (Å²) in [5, 5.41) is 0.712. The fourth-order valence-corrected chi connectivity index (χ4v) is 6.69. The van der Waals surface area contributed by atoms with Gasteiger partial charge in [0.2, 0.25) is 0 Å². The number of benzene rings is 3. The van der Waals surface area contributed by atoms with Crippen LogP contribution in [0.15, 0.2) is 76.6 Å². The van der Waals surface area contributed by atoms with Gasteiger partial charge < -0.3 is 4.74 Å². The summed E-state index contributed by atoms with van der Waals surface area (Å²) in [5.41, 5.74) is 4.19. The number of halogens is 2. The quantitative estimate of drug-likeness (QED) is 0.207. The minimum atomic E-state index is -0.0115. The van der Waals surface area contributed by atoms with E-state index in [1.54, 1.807) is 12.0 Å². The number of hydrogen-bond donors (Lipinski definition) is 0. The van der Waals surface area contributed by atoms with Crippen molar-refractivity contribution in [3.8, 4) is 5.75 Å². The Morgan fingerprint density at radius 1 is 1.03 bits per heavy atom. The van der Waals surface area contributed by atoms with Gasteiger partial charge in [-0.2, -0.15) is 0 Å². The van der Waals surface area contributed by atoms with Gasteiger partial charge in [-0.15, -0.1) is 0 Å². The van der Waals surface area contributed by atoms with Gasteiger partial charge in [0, 0.05) is 6.54 Å². The Morgan fingerprint density at radius 3 is 2.33 bits per heavy atom. The third-order valence-electron chi connectivity index (χ3n) is 5.14. The number of amides is 1. The molecule has 0 N–H and O–H groups in total. The molecular formula is C26H22I2N2O2S. The average molecular weight is 680 g/mol. The maximum absolute atomic E-state index is 13.4. The van der Waals surface area contributed by atoms with Gasteiger partial charge in [-0.05, 0) is 112 Å². The summed E-state index contributed by atoms with van der Waals surface area (Å²) < 4.78 is 7.50. The molecule has 0 unspecified atom stereocenters. The van der Waals surface area contributed by atoms with E-state index in [2.05, 4.69) is 64.2 Å². The average Bonchev–Trinajstić information content (AvgIpc) is 3.08. The highest BCUT2D eigenvalue weighted by Crippen LogP contribution is 2.36. The lowest BCUT2D eigenvalue weighted by atomic mass is 10.1. The van der Waals surface area contributed by atoms with Gasteiger partial charge in [-0.1, -0.05) is 48.0 Å². The monoisotopic (exact) mass is 680 g/mol. The number of ether oxygens (including phenoxy) is 1. The SMILES string of the molecule is COc1c(I)cc(/C=C2/SC(=Nc3ccc(C)cc3)N(CCc3ccccc3)C2=O)cc1I. The fraction of sp³-hybridized carbons (Fsp3) is 0.154. The molecule has 1 heterocycles. The number of rotatable bonds is 6. The zero-order chi connectivity index (χ0) is 23.4. The Hall–Kier alpha value is -1.85. The molecule has 1 aliphatic rings. The minimum absolute atomic E-state index is 0.0115. The first-order valence-electron chi connectivity index (χ1n) is 10.4. The first-order chi connectivity index (χ1) is 15.9. The van der Waals surface area contributed by atoms with E-state index >= 15 is 0 Å². The first-order valence-corrected chi connectivity index (χ1v) is 13.4. The molecule has 0 atom stereocenters. The van der Waals surface area contributed by atoms with Crippen molar-refractivity contribution in [3.05, 3.63) is 95.5 Å². The van der Waals surface area contributed by atoms with Crippen LogP contribution < -0.4 is 4.74 Å². The topological polar surface area (TPSA) is 41.9 Å². The van der Waals surface area contributed by atoms with E-state index < -0.39 is 0 Å². The molecule has 0 bridgehead atoms. The highest BCUT2D eigenvalue weighted by Gasteiger charge is 2.33. The summed E-state index contributed by atoms with van der Waals surface area (Å²) in [5.74, 6) is 0.845. The molecule has 0 aromatic heterocycles. The molecule has 1 saturated heterocycles. The smallest absolute Gasteiger partial charge is 0.266 e. The maximum atomic E-state index is 13.4. The molecule has 33 heavy (non-hydrogen) atoms. The standard InChI is InChI=1S/C26H22I2N2O2S/c1-17-8-10-20(11-9-17)29-26-30(13-12-18-6-4-3-5-7-18)25(31)23(33-26)16-19-14-21(27)24(32-2)22(28)15-19/h3-11,14-16H,12-13H2,1-2H3/b23-16+,29-26?. The Kier molecular flexibility index (Phi) is 8.13. The second kappa shape index (κ2) is 11.1. The van der Waals surface area contributed by atoms with Crippen LogP contribution >= 0.6 is 56.9 Å². The molecule has 1 amide bonds. The molecule has 4 nitrogen and oxygen atoms in total. The van der Waals surface area contributed by atoms with E-state index in [4.69, 9.17) is 9.73 Å². The number of hydrogen-bond acceptors (Lipinski definition) is 4. The van der Waals surface area contributed by atoms with Gasteiger partial charge >= 0.3 is 0 Å². The predicted octanol–water partition coefficient (Wildman–Crippen LogP) is 7.06. The molecule has 3 aromatic carbocycles. The summed E-state index contributed by atoms with van der Waals surface area (Å²) in [6.45, 7) is 2.63. The van der Waals surface area contributed by atoms with E-state index in [1.807, 2.05) is 60.7 Å². The van der Waals surface area contributed by atoms with E-state index in [0.29, 0.717) is 16.6 Å². The van der Waals surface area contributed by atoms with Gasteiger partial charge in [0.05, 0.1) is 24.8 Å². The van der Waals surface area contributed by atoms with Gasteiger partial charge in [0.15, 0.2) is 5.17 Å². The van der Waals surface area contributed by atoms with Gasteiger partial charge in [-0.3, -0.25) is 9.69 Å². The van der Waals surface area contributed by atoms with Crippen molar-refractivity contribution in [3.63, 3.8) is 0 Å². The van der Waals surface area contributed by atoms with E-state index in [9.17, 15) is 4.79 Å². The lowest BCUT2D eigenvalue weighted by Gasteiger charge is -2.15. The van der Waals surface area contributed by atoms with Gasteiger partial charge in [0.1, 0.15) is 5.75 Å². The second-order valence-corrected chi connectivity index (χ2v) is 10.9. The third-order valence-corrected chi connectivity index (χ3v) is 7.75. The Balaban J connectivity index is 1.66. The molecule has 3 aromatic rings. The van der Waals surface area contributed by atoms with Crippen LogP contribution in [0.4, 0.5) is 5.69 Å². The van der Waals surface area contributed by atoms with Crippen molar-refractivity contribution in [2.75, 3.05) is 13.7 Å². The minimum Gasteiger partial charge on any atom is -0.495 e. The molecular weight excluding hydrogens is 658 g/mol. The van der Waals surface area contributed by atoms with Crippen LogP contribution in [0.3, 0.4) is 0 Å². The molecule has 7 heteroatoms. The summed E-state index contributed by atoms with van der Waals surface area (Å²) >= 11 is 5.96. The maximum Gasteiger partial charge on any atom is 0.266 e. The largest absolute Gasteiger partial charge is 0.495 e. The zero-order valence-corrected chi connectivity index (χ0v) is 23.3. The highest BCUT2D eigenvalue weighted by atomic mass is 127. The van der Waals surface area contributed by atoms with Crippen molar-refractivity contribution < 1.29 is 9.53 Å². The fourth-order valence-electron chi connectivity index (χ4n) is 3.41. The zero-order valence-electron chi connectivity index (χ0n) is 18.2. The Labute approximate surface area is 225 Å². The van der Waals surface area contributed by atoms with Crippen molar-refractivity contribution in [2.45, 2.75) is 13.3 Å². The number of carbonyl (C=O) groups excluding carboxylic acids is 1. The number of aryl methyl sites for hydroxylation is 1. The number of amidine groups is 1. The summed E-state index contributed by atoms with van der Waals surface area (Å²) in [7, 11) is 1.67. The van der Waals surface area contributed by atoms with Crippen LogP contribution in [-0.2, 0) is 11.2 Å². The molecule has 0 saturated carbocycles. The summed E-state index contributed by atoms with van der Waals surface area (Å²) in [6.07, 6.45) is 2.72. The summed E-state index contributed by atoms with van der Waals surface area (Å²) in [6, 6.07) is 22.3. The highest BCUT2D eigenvalue weighted by molar-refractivity contribution is 14.1. The molecule has 0 aliphatic carbocycles. The lowest BCUT2D eigenvalue weighted by Crippen LogP contribution is -2.31. The molecule has 4 rings (SSSR count). The predicted molar refractivity (Wildman–Crippen MR) is 154 cm³/mol. The van der Waals surface area contributed by atoms with Gasteiger partial charge in [-0.25, -0.2) is 4.99 Å². The third kappa shape index (κ3) is 5.99. The second-order valence-electron chi connectivity index (χ2n) is 7.55.